The number of likely N-dealkylation sites (tertiary alicyclic amines) is 1. The van der Waals surface area contributed by atoms with Gasteiger partial charge in [0.25, 0.3) is 5.91 Å². The van der Waals surface area contributed by atoms with Gasteiger partial charge in [-0.2, -0.15) is 0 Å². The van der Waals surface area contributed by atoms with E-state index in [2.05, 4.69) is 10.2 Å². The molecule has 0 aromatic heterocycles. The number of nitrogens with zero attached hydrogens (tertiary/aromatic N) is 1. The van der Waals surface area contributed by atoms with Gasteiger partial charge >= 0.3 is 0 Å². The van der Waals surface area contributed by atoms with Crippen LogP contribution in [0, 0.1) is 5.92 Å². The van der Waals surface area contributed by atoms with Crippen LogP contribution in [0.25, 0.3) is 0 Å². The number of amides is 1. The van der Waals surface area contributed by atoms with Crippen LogP contribution >= 0.6 is 0 Å². The Hall–Kier alpha value is -1.39. The summed E-state index contributed by atoms with van der Waals surface area (Å²) in [5, 5.41) is 3.11. The normalized spacial score (nSPS) is 26.0. The van der Waals surface area contributed by atoms with Gasteiger partial charge in [-0.3, -0.25) is 9.69 Å². The summed E-state index contributed by atoms with van der Waals surface area (Å²) in [6, 6.07) is 9.95. The topological polar surface area (TPSA) is 41.6 Å². The Morgan fingerprint density at radius 3 is 2.86 bits per heavy atom. The van der Waals surface area contributed by atoms with Gasteiger partial charge in [0.05, 0.1) is 6.61 Å². The molecule has 0 spiro atoms. The van der Waals surface area contributed by atoms with Gasteiger partial charge in [0, 0.05) is 31.3 Å². The second-order valence-electron chi connectivity index (χ2n) is 6.45. The molecule has 2 aliphatic rings. The maximum atomic E-state index is 12.2. The van der Waals surface area contributed by atoms with Crippen molar-refractivity contribution in [3.63, 3.8) is 0 Å². The second kappa shape index (κ2) is 7.75. The third-order valence-electron chi connectivity index (χ3n) is 4.80. The lowest BCUT2D eigenvalue weighted by atomic mass is 9.99. The van der Waals surface area contributed by atoms with Crippen LogP contribution in [0.15, 0.2) is 30.3 Å². The summed E-state index contributed by atoms with van der Waals surface area (Å²) in [6.07, 6.45) is 4.91. The average Bonchev–Trinajstić information content (AvgIpc) is 3.07. The third kappa shape index (κ3) is 4.08. The molecule has 2 heterocycles. The van der Waals surface area contributed by atoms with Crippen LogP contribution in [0.2, 0.25) is 0 Å². The summed E-state index contributed by atoms with van der Waals surface area (Å²) in [4.78, 5) is 14.8. The molecule has 3 rings (SSSR count). The first-order valence-corrected chi connectivity index (χ1v) is 8.48. The Balaban J connectivity index is 1.51. The smallest absolute Gasteiger partial charge is 0.251 e. The second-order valence-corrected chi connectivity index (χ2v) is 6.45. The zero-order valence-corrected chi connectivity index (χ0v) is 13.2. The molecular weight excluding hydrogens is 276 g/mol. The minimum atomic E-state index is 0.0373. The number of rotatable bonds is 5. The van der Waals surface area contributed by atoms with Gasteiger partial charge in [0.2, 0.25) is 0 Å². The first kappa shape index (κ1) is 15.5. The van der Waals surface area contributed by atoms with E-state index < -0.39 is 0 Å². The molecule has 0 aliphatic carbocycles. The van der Waals surface area contributed by atoms with E-state index in [0.717, 1.165) is 38.4 Å². The van der Waals surface area contributed by atoms with Crippen LogP contribution in [-0.4, -0.2) is 49.7 Å². The van der Waals surface area contributed by atoms with Gasteiger partial charge in [-0.1, -0.05) is 24.6 Å². The number of benzene rings is 1. The predicted molar refractivity (Wildman–Crippen MR) is 86.9 cm³/mol. The van der Waals surface area contributed by atoms with E-state index in [-0.39, 0.29) is 5.91 Å². The molecule has 1 aromatic carbocycles. The Morgan fingerprint density at radius 2 is 2.09 bits per heavy atom. The number of hydrogen-bond acceptors (Lipinski definition) is 3. The predicted octanol–water partition coefficient (Wildman–Crippen LogP) is 2.31. The molecule has 0 unspecified atom stereocenters. The van der Waals surface area contributed by atoms with E-state index in [1.807, 2.05) is 30.3 Å². The molecule has 1 N–H and O–H groups in total. The molecule has 0 saturated carbocycles. The van der Waals surface area contributed by atoms with Crippen molar-refractivity contribution in [2.24, 2.45) is 5.92 Å². The fourth-order valence-electron chi connectivity index (χ4n) is 3.49. The summed E-state index contributed by atoms with van der Waals surface area (Å²) < 4.78 is 5.49. The molecule has 4 heteroatoms. The lowest BCUT2D eigenvalue weighted by molar-refractivity contribution is 0.0884. The van der Waals surface area contributed by atoms with Gasteiger partial charge in [-0.05, 0) is 43.9 Å². The van der Waals surface area contributed by atoms with Gasteiger partial charge in [0.15, 0.2) is 0 Å². The molecule has 0 bridgehead atoms. The zero-order chi connectivity index (χ0) is 15.2. The Bertz CT molecular complexity index is 471. The van der Waals surface area contributed by atoms with Crippen LogP contribution in [0.4, 0.5) is 0 Å². The van der Waals surface area contributed by atoms with E-state index in [4.69, 9.17) is 4.74 Å². The Kier molecular flexibility index (Phi) is 5.46. The number of nitrogens with one attached hydrogen (secondary N) is 1. The number of carbonyl (C=O) groups excluding carboxylic acids is 1. The fraction of sp³-hybridized carbons (Fsp3) is 0.611. The molecule has 120 valence electrons. The molecule has 2 fully saturated rings. The van der Waals surface area contributed by atoms with Crippen LogP contribution in [-0.2, 0) is 4.74 Å². The largest absolute Gasteiger partial charge is 0.381 e. The highest BCUT2D eigenvalue weighted by atomic mass is 16.5. The average molecular weight is 302 g/mol. The standard InChI is InChI=1S/C18H26N2O2/c21-18(16-6-2-1-3-7-16)19-12-17-8-4-5-10-20(17)13-15-9-11-22-14-15/h1-3,6-7,15,17H,4-5,8-14H2,(H,19,21)/t15-,17+/m1/s1. The number of piperidine rings is 1. The highest BCUT2D eigenvalue weighted by Crippen LogP contribution is 2.21. The van der Waals surface area contributed by atoms with Gasteiger partial charge in [-0.15, -0.1) is 0 Å². The van der Waals surface area contributed by atoms with E-state index in [1.165, 1.54) is 25.7 Å². The molecule has 2 atom stereocenters. The minimum absolute atomic E-state index is 0.0373. The summed E-state index contributed by atoms with van der Waals surface area (Å²) >= 11 is 0. The van der Waals surface area contributed by atoms with E-state index >= 15 is 0 Å². The molecule has 0 radical (unpaired) electrons. The number of carbonyl (C=O) groups is 1. The SMILES string of the molecule is O=C(NC[C@@H]1CCCCN1C[C@H]1CCOC1)c1ccccc1. The molecule has 1 aromatic rings. The zero-order valence-electron chi connectivity index (χ0n) is 13.2. The van der Waals surface area contributed by atoms with Gasteiger partial charge < -0.3 is 10.1 Å². The van der Waals surface area contributed by atoms with Crippen molar-refractivity contribution >= 4 is 5.91 Å². The van der Waals surface area contributed by atoms with E-state index in [9.17, 15) is 4.79 Å². The molecule has 2 saturated heterocycles. The first-order valence-electron chi connectivity index (χ1n) is 8.48. The highest BCUT2D eigenvalue weighted by molar-refractivity contribution is 5.94. The quantitative estimate of drug-likeness (QED) is 0.907. The van der Waals surface area contributed by atoms with Crippen LogP contribution in [0.1, 0.15) is 36.0 Å². The summed E-state index contributed by atoms with van der Waals surface area (Å²) in [6.45, 7) is 4.84. The summed E-state index contributed by atoms with van der Waals surface area (Å²) in [5.41, 5.74) is 0.744. The summed E-state index contributed by atoms with van der Waals surface area (Å²) in [5.74, 6) is 0.709. The molecular formula is C18H26N2O2. The van der Waals surface area contributed by atoms with Crippen LogP contribution in [0.3, 0.4) is 0 Å². The van der Waals surface area contributed by atoms with Gasteiger partial charge in [-0.25, -0.2) is 0 Å². The monoisotopic (exact) mass is 302 g/mol. The van der Waals surface area contributed by atoms with Crippen molar-refractivity contribution < 1.29 is 9.53 Å². The fourth-order valence-corrected chi connectivity index (χ4v) is 3.49. The molecule has 2 aliphatic heterocycles. The first-order chi connectivity index (χ1) is 10.8. The molecule has 1 amide bonds. The van der Waals surface area contributed by atoms with Crippen LogP contribution in [0.5, 0.6) is 0 Å². The number of ether oxygens (including phenoxy) is 1. The van der Waals surface area contributed by atoms with Gasteiger partial charge in [0.1, 0.15) is 0 Å². The summed E-state index contributed by atoms with van der Waals surface area (Å²) in [7, 11) is 0. The third-order valence-corrected chi connectivity index (χ3v) is 4.80. The van der Waals surface area contributed by atoms with Crippen LogP contribution < -0.4 is 5.32 Å². The minimum Gasteiger partial charge on any atom is -0.381 e. The van der Waals surface area contributed by atoms with Crippen molar-refractivity contribution in [3.05, 3.63) is 35.9 Å². The molecule has 22 heavy (non-hydrogen) atoms. The maximum Gasteiger partial charge on any atom is 0.251 e. The van der Waals surface area contributed by atoms with Crippen molar-refractivity contribution in [1.29, 1.82) is 0 Å². The lowest BCUT2D eigenvalue weighted by Gasteiger charge is -2.37. The molecule has 4 nitrogen and oxygen atoms in total. The number of hydrogen-bond donors (Lipinski definition) is 1. The van der Waals surface area contributed by atoms with Crippen molar-refractivity contribution in [2.45, 2.75) is 31.7 Å². The van der Waals surface area contributed by atoms with Crippen molar-refractivity contribution in [1.82, 2.24) is 10.2 Å². The Labute approximate surface area is 132 Å². The lowest BCUT2D eigenvalue weighted by Crippen LogP contribution is -2.48. The van der Waals surface area contributed by atoms with E-state index in [0.29, 0.717) is 12.0 Å². The highest BCUT2D eigenvalue weighted by Gasteiger charge is 2.27. The van der Waals surface area contributed by atoms with E-state index in [1.54, 1.807) is 0 Å². The van der Waals surface area contributed by atoms with Crippen molar-refractivity contribution in [3.8, 4) is 0 Å². The maximum absolute atomic E-state index is 12.2. The Morgan fingerprint density at radius 1 is 1.23 bits per heavy atom. The van der Waals surface area contributed by atoms with Crippen molar-refractivity contribution in [2.75, 3.05) is 32.8 Å².